The van der Waals surface area contributed by atoms with Crippen LogP contribution in [0.3, 0.4) is 0 Å². The molecule has 1 fully saturated rings. The van der Waals surface area contributed by atoms with Gasteiger partial charge in [-0.2, -0.15) is 5.10 Å². The van der Waals surface area contributed by atoms with Gasteiger partial charge in [0, 0.05) is 13.0 Å². The first-order valence-electron chi connectivity index (χ1n) is 6.30. The minimum atomic E-state index is 0.245. The fraction of sp³-hybridized carbons (Fsp3) is 0.692. The molecule has 1 aliphatic carbocycles. The molecular formula is C13H19ClN2O. The topological polar surface area (TPSA) is 34.9 Å². The number of halogens is 1. The number of carbonyl (C=O) groups excluding carboxylic acids is 1. The minimum Gasteiger partial charge on any atom is -0.299 e. The van der Waals surface area contributed by atoms with Crippen LogP contribution < -0.4 is 0 Å². The van der Waals surface area contributed by atoms with E-state index in [9.17, 15) is 4.79 Å². The highest BCUT2D eigenvalue weighted by atomic mass is 35.5. The zero-order valence-electron chi connectivity index (χ0n) is 10.5. The fourth-order valence-corrected chi connectivity index (χ4v) is 2.83. The van der Waals surface area contributed by atoms with E-state index >= 15 is 0 Å². The number of rotatable bonds is 3. The van der Waals surface area contributed by atoms with E-state index in [-0.39, 0.29) is 5.92 Å². The van der Waals surface area contributed by atoms with E-state index < -0.39 is 0 Å². The highest BCUT2D eigenvalue weighted by molar-refractivity contribution is 6.32. The average molecular weight is 255 g/mol. The normalized spacial score (nSPS) is 17.4. The molecule has 2 rings (SSSR count). The largest absolute Gasteiger partial charge is 0.299 e. The number of Topliss-reactive ketones (excluding diaryl/α,β-unsaturated/α-hetero) is 1. The number of nitrogens with zero attached hydrogens (tertiary/aromatic N) is 2. The van der Waals surface area contributed by atoms with Crippen LogP contribution in [-0.2, 0) is 18.3 Å². The lowest BCUT2D eigenvalue weighted by molar-refractivity contribution is -0.123. The molecule has 0 saturated heterocycles. The third-order valence-corrected chi connectivity index (χ3v) is 4.16. The van der Waals surface area contributed by atoms with Gasteiger partial charge in [0.25, 0.3) is 0 Å². The summed E-state index contributed by atoms with van der Waals surface area (Å²) in [5, 5.41) is 4.89. The first-order valence-corrected chi connectivity index (χ1v) is 6.68. The molecule has 0 spiro atoms. The Kier molecular flexibility index (Phi) is 3.87. The average Bonchev–Trinajstić information content (AvgIpc) is 2.57. The molecular weight excluding hydrogens is 236 g/mol. The van der Waals surface area contributed by atoms with Crippen LogP contribution in [0, 0.1) is 12.8 Å². The molecule has 0 N–H and O–H groups in total. The second-order valence-electron chi connectivity index (χ2n) is 4.95. The van der Waals surface area contributed by atoms with Crippen molar-refractivity contribution in [3.8, 4) is 0 Å². The highest BCUT2D eigenvalue weighted by Gasteiger charge is 2.23. The summed E-state index contributed by atoms with van der Waals surface area (Å²) in [6, 6.07) is 0. The lowest BCUT2D eigenvalue weighted by atomic mass is 9.85. The van der Waals surface area contributed by atoms with Crippen molar-refractivity contribution in [3.05, 3.63) is 16.4 Å². The van der Waals surface area contributed by atoms with Gasteiger partial charge in [0.2, 0.25) is 0 Å². The van der Waals surface area contributed by atoms with Gasteiger partial charge < -0.3 is 0 Å². The van der Waals surface area contributed by atoms with Crippen LogP contribution in [0.25, 0.3) is 0 Å². The van der Waals surface area contributed by atoms with Crippen molar-refractivity contribution in [2.45, 2.75) is 45.4 Å². The second-order valence-corrected chi connectivity index (χ2v) is 5.33. The molecule has 1 aromatic heterocycles. The number of aryl methyl sites for hydroxylation is 2. The predicted molar refractivity (Wildman–Crippen MR) is 68.2 cm³/mol. The van der Waals surface area contributed by atoms with Gasteiger partial charge in [-0.05, 0) is 19.8 Å². The monoisotopic (exact) mass is 254 g/mol. The van der Waals surface area contributed by atoms with Gasteiger partial charge in [0.05, 0.1) is 22.8 Å². The van der Waals surface area contributed by atoms with Crippen LogP contribution in [0.1, 0.15) is 43.5 Å². The molecule has 1 heterocycles. The summed E-state index contributed by atoms with van der Waals surface area (Å²) < 4.78 is 1.73. The molecule has 1 aromatic rings. The van der Waals surface area contributed by atoms with Gasteiger partial charge in [-0.3, -0.25) is 9.48 Å². The Labute approximate surface area is 107 Å². The Bertz CT molecular complexity index is 419. The number of hydrogen-bond acceptors (Lipinski definition) is 2. The molecule has 0 aliphatic heterocycles. The predicted octanol–water partition coefficient (Wildman–Crippen LogP) is 3.07. The van der Waals surface area contributed by atoms with E-state index in [0.717, 1.165) is 24.2 Å². The van der Waals surface area contributed by atoms with Crippen LogP contribution in [0.15, 0.2) is 0 Å². The van der Waals surface area contributed by atoms with E-state index in [1.54, 1.807) is 4.68 Å². The molecule has 3 nitrogen and oxygen atoms in total. The molecule has 4 heteroatoms. The second kappa shape index (κ2) is 5.21. The summed E-state index contributed by atoms with van der Waals surface area (Å²) in [5.74, 6) is 0.574. The van der Waals surface area contributed by atoms with Crippen molar-refractivity contribution < 1.29 is 4.79 Å². The van der Waals surface area contributed by atoms with E-state index in [1.165, 1.54) is 19.3 Å². The Hall–Kier alpha value is -0.830. The van der Waals surface area contributed by atoms with Crippen molar-refractivity contribution in [2.75, 3.05) is 0 Å². The molecule has 0 amide bonds. The molecule has 0 unspecified atom stereocenters. The van der Waals surface area contributed by atoms with Crippen molar-refractivity contribution in [3.63, 3.8) is 0 Å². The summed E-state index contributed by atoms with van der Waals surface area (Å²) in [6.07, 6.45) is 6.18. The van der Waals surface area contributed by atoms with Crippen LogP contribution in [0.2, 0.25) is 5.02 Å². The molecule has 0 aromatic carbocycles. The number of ketones is 1. The molecule has 17 heavy (non-hydrogen) atoms. The Morgan fingerprint density at radius 2 is 2.06 bits per heavy atom. The molecule has 1 saturated carbocycles. The quantitative estimate of drug-likeness (QED) is 0.831. The number of carbonyl (C=O) groups is 1. The summed E-state index contributed by atoms with van der Waals surface area (Å²) >= 11 is 6.16. The fourth-order valence-electron chi connectivity index (χ4n) is 2.61. The van der Waals surface area contributed by atoms with Gasteiger partial charge in [-0.25, -0.2) is 0 Å². The molecule has 0 atom stereocenters. The smallest absolute Gasteiger partial charge is 0.141 e. The summed E-state index contributed by atoms with van der Waals surface area (Å²) in [6.45, 7) is 1.87. The van der Waals surface area contributed by atoms with Crippen molar-refractivity contribution in [1.82, 2.24) is 9.78 Å². The van der Waals surface area contributed by atoms with Crippen LogP contribution in [0.4, 0.5) is 0 Å². The van der Waals surface area contributed by atoms with E-state index in [4.69, 9.17) is 11.6 Å². The Morgan fingerprint density at radius 1 is 1.41 bits per heavy atom. The van der Waals surface area contributed by atoms with Crippen molar-refractivity contribution in [2.24, 2.45) is 13.0 Å². The van der Waals surface area contributed by atoms with Crippen LogP contribution >= 0.6 is 11.6 Å². The van der Waals surface area contributed by atoms with E-state index in [2.05, 4.69) is 5.10 Å². The van der Waals surface area contributed by atoms with E-state index in [1.807, 2.05) is 14.0 Å². The van der Waals surface area contributed by atoms with Gasteiger partial charge in [0.15, 0.2) is 0 Å². The zero-order valence-corrected chi connectivity index (χ0v) is 11.3. The Morgan fingerprint density at radius 3 is 2.59 bits per heavy atom. The third kappa shape index (κ3) is 2.71. The highest BCUT2D eigenvalue weighted by Crippen LogP contribution is 2.27. The minimum absolute atomic E-state index is 0.245. The maximum atomic E-state index is 12.2. The molecule has 0 bridgehead atoms. The van der Waals surface area contributed by atoms with Crippen LogP contribution in [0.5, 0.6) is 0 Å². The van der Waals surface area contributed by atoms with Gasteiger partial charge >= 0.3 is 0 Å². The summed E-state index contributed by atoms with van der Waals surface area (Å²) in [4.78, 5) is 12.2. The lowest BCUT2D eigenvalue weighted by Gasteiger charge is -2.20. The summed E-state index contributed by atoms with van der Waals surface area (Å²) in [5.41, 5.74) is 1.67. The summed E-state index contributed by atoms with van der Waals surface area (Å²) in [7, 11) is 1.85. The van der Waals surface area contributed by atoms with Crippen molar-refractivity contribution in [1.29, 1.82) is 0 Å². The molecule has 1 aliphatic rings. The number of hydrogen-bond donors (Lipinski definition) is 0. The molecule has 94 valence electrons. The zero-order chi connectivity index (χ0) is 12.4. The van der Waals surface area contributed by atoms with Crippen LogP contribution in [-0.4, -0.2) is 15.6 Å². The maximum Gasteiger partial charge on any atom is 0.141 e. The Balaban J connectivity index is 2.07. The van der Waals surface area contributed by atoms with Crippen molar-refractivity contribution >= 4 is 17.4 Å². The number of aromatic nitrogens is 2. The van der Waals surface area contributed by atoms with Gasteiger partial charge in [0.1, 0.15) is 5.78 Å². The SMILES string of the molecule is Cc1nn(C)c(CC(=O)C2CCCCC2)c1Cl. The van der Waals surface area contributed by atoms with Gasteiger partial charge in [-0.15, -0.1) is 0 Å². The lowest BCUT2D eigenvalue weighted by Crippen LogP contribution is -2.20. The third-order valence-electron chi connectivity index (χ3n) is 3.66. The first-order chi connectivity index (χ1) is 8.09. The first kappa shape index (κ1) is 12.6. The standard InChI is InChI=1S/C13H19ClN2O/c1-9-13(14)11(16(2)15-9)8-12(17)10-6-4-3-5-7-10/h10H,3-8H2,1-2H3. The van der Waals surface area contributed by atoms with Gasteiger partial charge in [-0.1, -0.05) is 30.9 Å². The maximum absolute atomic E-state index is 12.2. The van der Waals surface area contributed by atoms with E-state index in [0.29, 0.717) is 17.2 Å². The molecule has 0 radical (unpaired) electrons.